The summed E-state index contributed by atoms with van der Waals surface area (Å²) in [6.07, 6.45) is 0. The van der Waals surface area contributed by atoms with E-state index in [1.54, 1.807) is 0 Å². The summed E-state index contributed by atoms with van der Waals surface area (Å²) in [5.74, 6) is 0. The van der Waals surface area contributed by atoms with E-state index in [1.165, 1.54) is 0 Å². The second kappa shape index (κ2) is 4.25. The Balaban J connectivity index is 2.47. The summed E-state index contributed by atoms with van der Waals surface area (Å²) < 4.78 is 1.84. The van der Waals surface area contributed by atoms with Crippen molar-refractivity contribution in [3.05, 3.63) is 47.8 Å². The van der Waals surface area contributed by atoms with Gasteiger partial charge in [-0.2, -0.15) is 5.10 Å². The summed E-state index contributed by atoms with van der Waals surface area (Å²) in [7, 11) is 0. The second-order valence-corrected chi connectivity index (χ2v) is 3.28. The molecule has 4 heteroatoms. The first kappa shape index (κ1) is 9.89. The SMILES string of the molecule is NCc1cc(CN)n(-c2ccccc2)n1. The van der Waals surface area contributed by atoms with E-state index in [2.05, 4.69) is 5.10 Å². The summed E-state index contributed by atoms with van der Waals surface area (Å²) in [5, 5.41) is 4.38. The highest BCUT2D eigenvalue weighted by Crippen LogP contribution is 2.11. The lowest BCUT2D eigenvalue weighted by atomic mass is 10.3. The van der Waals surface area contributed by atoms with Crippen molar-refractivity contribution in [1.29, 1.82) is 0 Å². The maximum atomic E-state index is 5.65. The molecule has 0 unspecified atom stereocenters. The lowest BCUT2D eigenvalue weighted by molar-refractivity contribution is 0.783. The lowest BCUT2D eigenvalue weighted by Crippen LogP contribution is -2.06. The molecule has 0 atom stereocenters. The van der Waals surface area contributed by atoms with Crippen molar-refractivity contribution in [2.45, 2.75) is 13.1 Å². The lowest BCUT2D eigenvalue weighted by Gasteiger charge is -2.04. The molecule has 0 aliphatic rings. The Kier molecular flexibility index (Phi) is 2.80. The van der Waals surface area contributed by atoms with E-state index in [9.17, 15) is 0 Å². The summed E-state index contributed by atoms with van der Waals surface area (Å²) in [6.45, 7) is 0.898. The molecule has 1 aromatic carbocycles. The molecule has 0 aliphatic carbocycles. The standard InChI is InChI=1S/C11H14N4/c12-7-9-6-11(8-13)15(14-9)10-4-2-1-3-5-10/h1-6H,7-8,12-13H2. The van der Waals surface area contributed by atoms with Crippen LogP contribution in [0.5, 0.6) is 0 Å². The minimum Gasteiger partial charge on any atom is -0.325 e. The van der Waals surface area contributed by atoms with Crippen LogP contribution in [0, 0.1) is 0 Å². The van der Waals surface area contributed by atoms with Crippen LogP contribution in [0.3, 0.4) is 0 Å². The first-order valence-electron chi connectivity index (χ1n) is 4.88. The topological polar surface area (TPSA) is 69.9 Å². The van der Waals surface area contributed by atoms with E-state index in [1.807, 2.05) is 41.1 Å². The first-order valence-corrected chi connectivity index (χ1v) is 4.88. The van der Waals surface area contributed by atoms with Crippen molar-refractivity contribution < 1.29 is 0 Å². The Morgan fingerprint density at radius 2 is 1.80 bits per heavy atom. The third kappa shape index (κ3) is 1.91. The Morgan fingerprint density at radius 1 is 1.07 bits per heavy atom. The molecule has 0 saturated carbocycles. The minimum absolute atomic E-state index is 0.437. The highest BCUT2D eigenvalue weighted by atomic mass is 15.3. The van der Waals surface area contributed by atoms with Crippen LogP contribution in [0.1, 0.15) is 11.4 Å². The van der Waals surface area contributed by atoms with Crippen molar-refractivity contribution >= 4 is 0 Å². The molecule has 1 heterocycles. The molecule has 0 saturated heterocycles. The van der Waals surface area contributed by atoms with E-state index in [0.29, 0.717) is 13.1 Å². The Bertz CT molecular complexity index is 433. The van der Waals surface area contributed by atoms with Gasteiger partial charge in [0.1, 0.15) is 0 Å². The zero-order valence-corrected chi connectivity index (χ0v) is 8.43. The van der Waals surface area contributed by atoms with E-state index in [-0.39, 0.29) is 0 Å². The largest absolute Gasteiger partial charge is 0.325 e. The van der Waals surface area contributed by atoms with Crippen LogP contribution in [0.2, 0.25) is 0 Å². The van der Waals surface area contributed by atoms with E-state index in [0.717, 1.165) is 17.1 Å². The van der Waals surface area contributed by atoms with Crippen LogP contribution >= 0.6 is 0 Å². The average Bonchev–Trinajstić information content (AvgIpc) is 2.73. The molecule has 0 bridgehead atoms. The van der Waals surface area contributed by atoms with Gasteiger partial charge in [-0.25, -0.2) is 4.68 Å². The van der Waals surface area contributed by atoms with Crippen molar-refractivity contribution in [2.75, 3.05) is 0 Å². The minimum atomic E-state index is 0.437. The van der Waals surface area contributed by atoms with Crippen molar-refractivity contribution in [3.8, 4) is 5.69 Å². The molecule has 0 aliphatic heterocycles. The molecule has 0 spiro atoms. The summed E-state index contributed by atoms with van der Waals surface area (Å²) in [5.41, 5.74) is 14.0. The molecule has 0 amide bonds. The number of aromatic nitrogens is 2. The van der Waals surface area contributed by atoms with Crippen molar-refractivity contribution in [3.63, 3.8) is 0 Å². The molecule has 2 aromatic rings. The number of rotatable bonds is 3. The zero-order valence-electron chi connectivity index (χ0n) is 8.43. The fourth-order valence-electron chi connectivity index (χ4n) is 1.51. The summed E-state index contributed by atoms with van der Waals surface area (Å²) >= 11 is 0. The van der Waals surface area contributed by atoms with Crippen LogP contribution in [-0.2, 0) is 13.1 Å². The van der Waals surface area contributed by atoms with Crippen LogP contribution < -0.4 is 11.5 Å². The van der Waals surface area contributed by atoms with Crippen LogP contribution in [0.4, 0.5) is 0 Å². The maximum absolute atomic E-state index is 5.65. The van der Waals surface area contributed by atoms with Gasteiger partial charge in [-0.3, -0.25) is 0 Å². The van der Waals surface area contributed by atoms with Gasteiger partial charge in [0.05, 0.1) is 17.1 Å². The maximum Gasteiger partial charge on any atom is 0.0768 e. The van der Waals surface area contributed by atoms with Crippen molar-refractivity contribution in [1.82, 2.24) is 9.78 Å². The molecule has 78 valence electrons. The summed E-state index contributed by atoms with van der Waals surface area (Å²) in [6, 6.07) is 11.8. The van der Waals surface area contributed by atoms with Crippen LogP contribution in [0.25, 0.3) is 5.69 Å². The molecule has 0 fully saturated rings. The smallest absolute Gasteiger partial charge is 0.0768 e. The van der Waals surface area contributed by atoms with Gasteiger partial charge in [0.15, 0.2) is 0 Å². The van der Waals surface area contributed by atoms with E-state index in [4.69, 9.17) is 11.5 Å². The Labute approximate surface area is 88.5 Å². The van der Waals surface area contributed by atoms with E-state index < -0.39 is 0 Å². The van der Waals surface area contributed by atoms with Gasteiger partial charge in [-0.05, 0) is 18.2 Å². The van der Waals surface area contributed by atoms with Gasteiger partial charge in [0.2, 0.25) is 0 Å². The number of hydrogen-bond acceptors (Lipinski definition) is 3. The molecule has 1 aromatic heterocycles. The van der Waals surface area contributed by atoms with Gasteiger partial charge < -0.3 is 11.5 Å². The molecule has 4 N–H and O–H groups in total. The van der Waals surface area contributed by atoms with E-state index >= 15 is 0 Å². The number of benzene rings is 1. The zero-order chi connectivity index (χ0) is 10.7. The van der Waals surface area contributed by atoms with Gasteiger partial charge in [0.25, 0.3) is 0 Å². The number of hydrogen-bond donors (Lipinski definition) is 2. The Hall–Kier alpha value is -1.65. The third-order valence-electron chi connectivity index (χ3n) is 2.25. The summed E-state index contributed by atoms with van der Waals surface area (Å²) in [4.78, 5) is 0. The predicted molar refractivity (Wildman–Crippen MR) is 59.3 cm³/mol. The fourth-order valence-corrected chi connectivity index (χ4v) is 1.51. The predicted octanol–water partition coefficient (Wildman–Crippen LogP) is 0.790. The van der Waals surface area contributed by atoms with Crippen LogP contribution in [0.15, 0.2) is 36.4 Å². The monoisotopic (exact) mass is 202 g/mol. The highest BCUT2D eigenvalue weighted by Gasteiger charge is 2.06. The third-order valence-corrected chi connectivity index (χ3v) is 2.25. The molecule has 4 nitrogen and oxygen atoms in total. The van der Waals surface area contributed by atoms with Gasteiger partial charge in [-0.1, -0.05) is 18.2 Å². The fraction of sp³-hybridized carbons (Fsp3) is 0.182. The normalized spacial score (nSPS) is 10.5. The van der Waals surface area contributed by atoms with Gasteiger partial charge >= 0.3 is 0 Å². The molecule has 0 radical (unpaired) electrons. The molecular formula is C11H14N4. The first-order chi connectivity index (χ1) is 7.35. The van der Waals surface area contributed by atoms with Crippen molar-refractivity contribution in [2.24, 2.45) is 11.5 Å². The highest BCUT2D eigenvalue weighted by molar-refractivity contribution is 5.33. The molecular weight excluding hydrogens is 188 g/mol. The molecule has 15 heavy (non-hydrogen) atoms. The second-order valence-electron chi connectivity index (χ2n) is 3.28. The molecule has 2 rings (SSSR count). The number of nitrogens with zero attached hydrogens (tertiary/aromatic N) is 2. The van der Waals surface area contributed by atoms with Gasteiger partial charge in [0, 0.05) is 13.1 Å². The number of para-hydroxylation sites is 1. The number of nitrogens with two attached hydrogens (primary N) is 2. The van der Waals surface area contributed by atoms with Crippen LogP contribution in [-0.4, -0.2) is 9.78 Å². The average molecular weight is 202 g/mol. The Morgan fingerprint density at radius 3 is 2.40 bits per heavy atom. The quantitative estimate of drug-likeness (QED) is 0.773. The van der Waals surface area contributed by atoms with Gasteiger partial charge in [-0.15, -0.1) is 0 Å².